The molecule has 0 aromatic heterocycles. The Morgan fingerprint density at radius 2 is 2.09 bits per heavy atom. The number of amides is 1. The van der Waals surface area contributed by atoms with Gasteiger partial charge in [-0.3, -0.25) is 9.69 Å². The zero-order valence-electron chi connectivity index (χ0n) is 14.1. The first-order valence-corrected chi connectivity index (χ1v) is 8.59. The van der Waals surface area contributed by atoms with Crippen molar-refractivity contribution in [3.05, 3.63) is 29.8 Å². The predicted molar refractivity (Wildman–Crippen MR) is 90.6 cm³/mol. The lowest BCUT2D eigenvalue weighted by atomic mass is 10.1. The van der Waals surface area contributed by atoms with E-state index in [-0.39, 0.29) is 11.9 Å². The highest BCUT2D eigenvalue weighted by Crippen LogP contribution is 2.25. The van der Waals surface area contributed by atoms with E-state index in [0.29, 0.717) is 6.04 Å². The molecule has 1 amide bonds. The quantitative estimate of drug-likeness (QED) is 0.917. The highest BCUT2D eigenvalue weighted by atomic mass is 16.5. The fourth-order valence-electron chi connectivity index (χ4n) is 3.56. The molecule has 3 rings (SSSR count). The lowest BCUT2D eigenvalue weighted by Gasteiger charge is -2.39. The van der Waals surface area contributed by atoms with Gasteiger partial charge in [0.1, 0.15) is 5.75 Å². The maximum absolute atomic E-state index is 12.5. The van der Waals surface area contributed by atoms with E-state index in [1.165, 1.54) is 5.56 Å². The Morgan fingerprint density at radius 1 is 1.30 bits per heavy atom. The molecule has 1 aromatic carbocycles. The summed E-state index contributed by atoms with van der Waals surface area (Å²) in [6, 6.07) is 8.65. The summed E-state index contributed by atoms with van der Waals surface area (Å²) in [7, 11) is 1.70. The van der Waals surface area contributed by atoms with Crippen LogP contribution in [0.2, 0.25) is 0 Å². The van der Waals surface area contributed by atoms with Gasteiger partial charge in [0, 0.05) is 32.2 Å². The lowest BCUT2D eigenvalue weighted by Crippen LogP contribution is -2.53. The van der Waals surface area contributed by atoms with E-state index >= 15 is 0 Å². The molecule has 2 unspecified atom stereocenters. The number of ether oxygens (including phenoxy) is 1. The van der Waals surface area contributed by atoms with Gasteiger partial charge in [0.05, 0.1) is 13.2 Å². The van der Waals surface area contributed by atoms with Gasteiger partial charge in [-0.05, 0) is 44.0 Å². The summed E-state index contributed by atoms with van der Waals surface area (Å²) >= 11 is 0. The summed E-state index contributed by atoms with van der Waals surface area (Å²) in [5.74, 6) is 1.19. The third-order valence-corrected chi connectivity index (χ3v) is 5.11. The average molecular weight is 317 g/mol. The van der Waals surface area contributed by atoms with Crippen molar-refractivity contribution >= 4 is 5.91 Å². The monoisotopic (exact) mass is 317 g/mol. The van der Waals surface area contributed by atoms with Gasteiger partial charge in [0.25, 0.3) is 0 Å². The molecule has 2 heterocycles. The molecule has 2 aliphatic rings. The van der Waals surface area contributed by atoms with Crippen molar-refractivity contribution < 1.29 is 9.53 Å². The minimum absolute atomic E-state index is 0.0531. The second-order valence-electron chi connectivity index (χ2n) is 6.46. The Labute approximate surface area is 138 Å². The maximum atomic E-state index is 12.5. The first-order valence-electron chi connectivity index (χ1n) is 8.59. The van der Waals surface area contributed by atoms with Crippen LogP contribution in [0.1, 0.15) is 31.4 Å². The van der Waals surface area contributed by atoms with Gasteiger partial charge in [-0.1, -0.05) is 12.1 Å². The molecule has 2 fully saturated rings. The minimum Gasteiger partial charge on any atom is -0.497 e. The molecule has 5 nitrogen and oxygen atoms in total. The van der Waals surface area contributed by atoms with E-state index in [4.69, 9.17) is 4.74 Å². The molecule has 0 radical (unpaired) electrons. The second kappa shape index (κ2) is 7.32. The fourth-order valence-corrected chi connectivity index (χ4v) is 3.56. The Morgan fingerprint density at radius 3 is 2.74 bits per heavy atom. The Hall–Kier alpha value is -1.59. The lowest BCUT2D eigenvalue weighted by molar-refractivity contribution is -0.135. The third-order valence-electron chi connectivity index (χ3n) is 5.11. The summed E-state index contributed by atoms with van der Waals surface area (Å²) in [6.07, 6.45) is 2.10. The van der Waals surface area contributed by atoms with Gasteiger partial charge in [0.2, 0.25) is 5.91 Å². The minimum atomic E-state index is 0.0531. The van der Waals surface area contributed by atoms with Crippen LogP contribution < -0.4 is 10.1 Å². The molecule has 5 heteroatoms. The Balaban J connectivity index is 1.56. The van der Waals surface area contributed by atoms with E-state index < -0.39 is 0 Å². The summed E-state index contributed by atoms with van der Waals surface area (Å²) in [6.45, 7) is 6.71. The van der Waals surface area contributed by atoms with Crippen LogP contribution in [0.3, 0.4) is 0 Å². The van der Waals surface area contributed by atoms with Crippen molar-refractivity contribution in [1.82, 2.24) is 15.1 Å². The van der Waals surface area contributed by atoms with E-state index in [9.17, 15) is 4.79 Å². The fraction of sp³-hybridized carbons (Fsp3) is 0.611. The van der Waals surface area contributed by atoms with Crippen LogP contribution in [0.5, 0.6) is 5.75 Å². The number of rotatable bonds is 4. The van der Waals surface area contributed by atoms with Gasteiger partial charge < -0.3 is 15.0 Å². The first-order chi connectivity index (χ1) is 11.2. The number of carbonyl (C=O) groups excluding carboxylic acids is 1. The number of benzene rings is 1. The molecule has 0 saturated carbocycles. The standard InChI is InChI=1S/C18H27N3O2/c1-14(15-5-3-6-16(13-15)23-2)20-9-11-21(12-10-20)18(22)17-7-4-8-19-17/h3,5-6,13-14,17,19H,4,7-12H2,1-2H3. The number of piperazine rings is 1. The number of hydrogen-bond acceptors (Lipinski definition) is 4. The van der Waals surface area contributed by atoms with Gasteiger partial charge in [-0.15, -0.1) is 0 Å². The first kappa shape index (κ1) is 16.3. The summed E-state index contributed by atoms with van der Waals surface area (Å²) < 4.78 is 5.32. The highest BCUT2D eigenvalue weighted by molar-refractivity contribution is 5.82. The summed E-state index contributed by atoms with van der Waals surface area (Å²) in [5, 5.41) is 3.31. The zero-order chi connectivity index (χ0) is 16.2. The summed E-state index contributed by atoms with van der Waals surface area (Å²) in [5.41, 5.74) is 1.27. The molecule has 2 saturated heterocycles. The molecule has 0 aliphatic carbocycles. The number of methoxy groups -OCH3 is 1. The van der Waals surface area contributed by atoms with Crippen molar-refractivity contribution in [3.8, 4) is 5.75 Å². The van der Waals surface area contributed by atoms with Crippen LogP contribution in [0.4, 0.5) is 0 Å². The molecule has 126 valence electrons. The molecule has 0 spiro atoms. The third kappa shape index (κ3) is 3.67. The molecule has 2 aliphatic heterocycles. The highest BCUT2D eigenvalue weighted by Gasteiger charge is 2.30. The van der Waals surface area contributed by atoms with E-state index in [1.807, 2.05) is 17.0 Å². The van der Waals surface area contributed by atoms with E-state index in [1.54, 1.807) is 7.11 Å². The Kier molecular flexibility index (Phi) is 5.18. The van der Waals surface area contributed by atoms with Crippen LogP contribution in [0.15, 0.2) is 24.3 Å². The van der Waals surface area contributed by atoms with Gasteiger partial charge >= 0.3 is 0 Å². The van der Waals surface area contributed by atoms with Crippen LogP contribution in [0.25, 0.3) is 0 Å². The molecule has 23 heavy (non-hydrogen) atoms. The largest absolute Gasteiger partial charge is 0.497 e. The normalized spacial score (nSPS) is 23.7. The van der Waals surface area contributed by atoms with Gasteiger partial charge in [-0.25, -0.2) is 0 Å². The number of nitrogens with zero attached hydrogens (tertiary/aromatic N) is 2. The van der Waals surface area contributed by atoms with Crippen LogP contribution >= 0.6 is 0 Å². The predicted octanol–water partition coefficient (Wildman–Crippen LogP) is 1.65. The smallest absolute Gasteiger partial charge is 0.239 e. The van der Waals surface area contributed by atoms with Crippen molar-refractivity contribution in [2.24, 2.45) is 0 Å². The molecule has 0 bridgehead atoms. The number of hydrogen-bond donors (Lipinski definition) is 1. The number of carbonyl (C=O) groups is 1. The van der Waals surface area contributed by atoms with E-state index in [2.05, 4.69) is 29.3 Å². The van der Waals surface area contributed by atoms with Crippen LogP contribution in [-0.4, -0.2) is 61.6 Å². The van der Waals surface area contributed by atoms with Crippen molar-refractivity contribution in [2.75, 3.05) is 39.8 Å². The SMILES string of the molecule is COc1cccc(C(C)N2CCN(C(=O)C3CCCN3)CC2)c1. The topological polar surface area (TPSA) is 44.8 Å². The Bertz CT molecular complexity index is 535. The van der Waals surface area contributed by atoms with Crippen molar-refractivity contribution in [1.29, 1.82) is 0 Å². The second-order valence-corrected chi connectivity index (χ2v) is 6.46. The van der Waals surface area contributed by atoms with Crippen LogP contribution in [0, 0.1) is 0 Å². The molecular weight excluding hydrogens is 290 g/mol. The van der Waals surface area contributed by atoms with Gasteiger partial charge in [0.15, 0.2) is 0 Å². The van der Waals surface area contributed by atoms with Gasteiger partial charge in [-0.2, -0.15) is 0 Å². The molecule has 1 N–H and O–H groups in total. The van der Waals surface area contributed by atoms with Crippen LogP contribution in [-0.2, 0) is 4.79 Å². The molecular formula is C18H27N3O2. The average Bonchev–Trinajstić information content (AvgIpc) is 3.15. The molecule has 2 atom stereocenters. The zero-order valence-corrected chi connectivity index (χ0v) is 14.1. The number of nitrogens with one attached hydrogen (secondary N) is 1. The van der Waals surface area contributed by atoms with E-state index in [0.717, 1.165) is 51.3 Å². The molecule has 1 aromatic rings. The van der Waals surface area contributed by atoms with Crippen molar-refractivity contribution in [2.45, 2.75) is 31.8 Å². The summed E-state index contributed by atoms with van der Waals surface area (Å²) in [4.78, 5) is 16.9. The van der Waals surface area contributed by atoms with Crippen molar-refractivity contribution in [3.63, 3.8) is 0 Å². The maximum Gasteiger partial charge on any atom is 0.239 e.